The van der Waals surface area contributed by atoms with Gasteiger partial charge in [0.1, 0.15) is 10.9 Å². The molecule has 3 amide bonds. The van der Waals surface area contributed by atoms with Gasteiger partial charge in [0.15, 0.2) is 0 Å². The van der Waals surface area contributed by atoms with Gasteiger partial charge in [-0.05, 0) is 83.3 Å². The summed E-state index contributed by atoms with van der Waals surface area (Å²) >= 11 is 7.42. The first-order chi connectivity index (χ1) is 22.9. The number of halogens is 1. The lowest BCUT2D eigenvalue weighted by Gasteiger charge is -2.18. The smallest absolute Gasteiger partial charge is 0.272 e. The summed E-state index contributed by atoms with van der Waals surface area (Å²) in [6.07, 6.45) is 3.45. The molecule has 0 saturated carbocycles. The Morgan fingerprint density at radius 1 is 0.723 bits per heavy atom. The van der Waals surface area contributed by atoms with Gasteiger partial charge in [0, 0.05) is 38.6 Å². The number of thioether (sulfide) groups is 1. The number of amides is 3. The SMILES string of the molecule is O=C(Nc1cccc(SC(C(=O)Nc2ccc3cc[nH]c3c2)c2ccccc2)c1)/C(=C/c1ccc(Cl)cc1)NC(=O)c1ccccc1. The average molecular weight is 657 g/mol. The monoisotopic (exact) mass is 656 g/mol. The Labute approximate surface area is 281 Å². The van der Waals surface area contributed by atoms with Crippen molar-refractivity contribution in [3.8, 4) is 0 Å². The van der Waals surface area contributed by atoms with Crippen LogP contribution in [0.15, 0.2) is 150 Å². The number of anilines is 2. The molecule has 1 atom stereocenters. The predicted molar refractivity (Wildman–Crippen MR) is 190 cm³/mol. The van der Waals surface area contributed by atoms with Crippen LogP contribution in [0.4, 0.5) is 11.4 Å². The average Bonchev–Trinajstić information content (AvgIpc) is 3.57. The number of rotatable bonds is 10. The van der Waals surface area contributed by atoms with E-state index in [-0.39, 0.29) is 11.6 Å². The zero-order valence-corrected chi connectivity index (χ0v) is 26.5. The number of carbonyl (C=O) groups excluding carboxylic acids is 3. The summed E-state index contributed by atoms with van der Waals surface area (Å²) in [4.78, 5) is 44.2. The first kappa shape index (κ1) is 31.4. The van der Waals surface area contributed by atoms with Crippen LogP contribution < -0.4 is 16.0 Å². The maximum atomic E-state index is 13.7. The topological polar surface area (TPSA) is 103 Å². The number of hydrogen-bond donors (Lipinski definition) is 4. The molecular formula is C38H29ClN4O3S. The fourth-order valence-corrected chi connectivity index (χ4v) is 6.09. The van der Waals surface area contributed by atoms with E-state index in [9.17, 15) is 14.4 Å². The maximum absolute atomic E-state index is 13.7. The van der Waals surface area contributed by atoms with E-state index < -0.39 is 17.1 Å². The van der Waals surface area contributed by atoms with Gasteiger partial charge in [0.2, 0.25) is 5.91 Å². The Balaban J connectivity index is 1.22. The van der Waals surface area contributed by atoms with E-state index in [1.165, 1.54) is 11.8 Å². The number of carbonyl (C=O) groups is 3. The first-order valence-electron chi connectivity index (χ1n) is 14.8. The number of benzene rings is 5. The molecule has 232 valence electrons. The Hall–Kier alpha value is -5.57. The minimum Gasteiger partial charge on any atom is -0.361 e. The highest BCUT2D eigenvalue weighted by Crippen LogP contribution is 2.37. The van der Waals surface area contributed by atoms with Gasteiger partial charge in [-0.25, -0.2) is 0 Å². The minimum atomic E-state index is -0.577. The van der Waals surface area contributed by atoms with Crippen LogP contribution in [0.5, 0.6) is 0 Å². The van der Waals surface area contributed by atoms with Crippen molar-refractivity contribution in [2.75, 3.05) is 10.6 Å². The van der Waals surface area contributed by atoms with E-state index >= 15 is 0 Å². The molecule has 0 aliphatic heterocycles. The van der Waals surface area contributed by atoms with E-state index in [0.29, 0.717) is 27.5 Å². The number of fused-ring (bicyclic) bond motifs is 1. The molecule has 5 aromatic carbocycles. The molecule has 0 aliphatic rings. The molecule has 0 fully saturated rings. The van der Waals surface area contributed by atoms with Crippen molar-refractivity contribution in [1.29, 1.82) is 0 Å². The second-order valence-corrected chi connectivity index (χ2v) is 12.2. The van der Waals surface area contributed by atoms with Crippen LogP contribution in [0.25, 0.3) is 17.0 Å². The molecule has 9 heteroatoms. The third-order valence-electron chi connectivity index (χ3n) is 7.22. The van der Waals surface area contributed by atoms with Crippen molar-refractivity contribution in [1.82, 2.24) is 10.3 Å². The van der Waals surface area contributed by atoms with Crippen molar-refractivity contribution in [2.24, 2.45) is 0 Å². The normalized spacial score (nSPS) is 11.9. The van der Waals surface area contributed by atoms with Crippen LogP contribution >= 0.6 is 23.4 Å². The molecular weight excluding hydrogens is 628 g/mol. The van der Waals surface area contributed by atoms with Gasteiger partial charge >= 0.3 is 0 Å². The molecule has 47 heavy (non-hydrogen) atoms. The Bertz CT molecular complexity index is 2060. The van der Waals surface area contributed by atoms with Gasteiger partial charge < -0.3 is 20.9 Å². The molecule has 6 aromatic rings. The van der Waals surface area contributed by atoms with E-state index in [4.69, 9.17) is 11.6 Å². The summed E-state index contributed by atoms with van der Waals surface area (Å²) in [5, 5.41) is 9.74. The van der Waals surface area contributed by atoms with Crippen LogP contribution in [0.1, 0.15) is 26.7 Å². The fraction of sp³-hybridized carbons (Fsp3) is 0.0263. The third-order valence-corrected chi connectivity index (χ3v) is 8.72. The highest BCUT2D eigenvalue weighted by molar-refractivity contribution is 8.00. The third kappa shape index (κ3) is 8.18. The summed E-state index contributed by atoms with van der Waals surface area (Å²) in [7, 11) is 0. The lowest BCUT2D eigenvalue weighted by atomic mass is 10.1. The summed E-state index contributed by atoms with van der Waals surface area (Å²) in [5.41, 5.74) is 4.11. The van der Waals surface area contributed by atoms with Crippen LogP contribution in [0, 0.1) is 0 Å². The van der Waals surface area contributed by atoms with Gasteiger partial charge in [-0.1, -0.05) is 84.4 Å². The summed E-state index contributed by atoms with van der Waals surface area (Å²) in [6.45, 7) is 0. The van der Waals surface area contributed by atoms with Gasteiger partial charge in [-0.3, -0.25) is 14.4 Å². The zero-order chi connectivity index (χ0) is 32.6. The molecule has 0 saturated heterocycles. The Kier molecular flexibility index (Phi) is 9.81. The molecule has 1 aromatic heterocycles. The van der Waals surface area contributed by atoms with E-state index in [1.807, 2.05) is 79.0 Å². The number of aromatic nitrogens is 1. The molecule has 1 heterocycles. The van der Waals surface area contributed by atoms with Crippen molar-refractivity contribution in [2.45, 2.75) is 10.1 Å². The van der Waals surface area contributed by atoms with Crippen LogP contribution in [0.3, 0.4) is 0 Å². The number of nitrogens with one attached hydrogen (secondary N) is 4. The zero-order valence-electron chi connectivity index (χ0n) is 24.9. The number of hydrogen-bond acceptors (Lipinski definition) is 4. The second kappa shape index (κ2) is 14.7. The van der Waals surface area contributed by atoms with Gasteiger partial charge in [-0.15, -0.1) is 11.8 Å². The van der Waals surface area contributed by atoms with Crippen molar-refractivity contribution < 1.29 is 14.4 Å². The fourth-order valence-electron chi connectivity index (χ4n) is 4.88. The predicted octanol–water partition coefficient (Wildman–Crippen LogP) is 8.70. The number of aromatic amines is 1. The van der Waals surface area contributed by atoms with Gasteiger partial charge in [0.25, 0.3) is 11.8 Å². The molecule has 0 radical (unpaired) electrons. The van der Waals surface area contributed by atoms with Gasteiger partial charge in [0.05, 0.1) is 0 Å². The van der Waals surface area contributed by atoms with Crippen molar-refractivity contribution >= 4 is 69.4 Å². The molecule has 6 rings (SSSR count). The van der Waals surface area contributed by atoms with E-state index in [1.54, 1.807) is 66.7 Å². The minimum absolute atomic E-state index is 0.0554. The number of H-pyrrole nitrogens is 1. The molecule has 0 spiro atoms. The standard InChI is InChI=1S/C38H29ClN4O3S/c39-29-17-14-25(15-18-29)22-34(43-36(44)28-10-5-2-6-11-28)37(45)41-30-12-7-13-32(23-30)47-35(27-8-3-1-4-9-27)38(46)42-31-19-16-26-20-21-40-33(26)24-31/h1-24,35,40H,(H,41,45)(H,42,46)(H,43,44)/b34-22-. The van der Waals surface area contributed by atoms with Crippen molar-refractivity contribution in [3.05, 3.63) is 167 Å². The van der Waals surface area contributed by atoms with E-state index in [0.717, 1.165) is 21.4 Å². The quantitative estimate of drug-likeness (QED) is 0.0875. The molecule has 0 bridgehead atoms. The first-order valence-corrected chi connectivity index (χ1v) is 16.0. The van der Waals surface area contributed by atoms with E-state index in [2.05, 4.69) is 20.9 Å². The van der Waals surface area contributed by atoms with Crippen LogP contribution in [0.2, 0.25) is 5.02 Å². The molecule has 7 nitrogen and oxygen atoms in total. The highest BCUT2D eigenvalue weighted by atomic mass is 35.5. The molecule has 4 N–H and O–H groups in total. The lowest BCUT2D eigenvalue weighted by molar-refractivity contribution is -0.116. The summed E-state index contributed by atoms with van der Waals surface area (Å²) in [5.74, 6) is -1.11. The molecule has 1 unspecified atom stereocenters. The summed E-state index contributed by atoms with van der Waals surface area (Å²) < 4.78 is 0. The van der Waals surface area contributed by atoms with Crippen LogP contribution in [-0.2, 0) is 9.59 Å². The van der Waals surface area contributed by atoms with Crippen LogP contribution in [-0.4, -0.2) is 22.7 Å². The summed E-state index contributed by atoms with van der Waals surface area (Å²) in [6, 6.07) is 40.1. The Morgan fingerprint density at radius 3 is 2.21 bits per heavy atom. The second-order valence-electron chi connectivity index (χ2n) is 10.6. The Morgan fingerprint density at radius 2 is 1.45 bits per heavy atom. The largest absolute Gasteiger partial charge is 0.361 e. The highest BCUT2D eigenvalue weighted by Gasteiger charge is 2.23. The van der Waals surface area contributed by atoms with Crippen molar-refractivity contribution in [3.63, 3.8) is 0 Å². The maximum Gasteiger partial charge on any atom is 0.272 e. The van der Waals surface area contributed by atoms with Gasteiger partial charge in [-0.2, -0.15) is 0 Å². The lowest BCUT2D eigenvalue weighted by Crippen LogP contribution is -2.30. The molecule has 0 aliphatic carbocycles.